The molecular weight excluding hydrogens is 973 g/mol. The summed E-state index contributed by atoms with van der Waals surface area (Å²) < 4.78 is 16.9. The third-order valence-corrected chi connectivity index (χ3v) is 13.3. The molecule has 0 aromatic rings. The fraction of sp³-hybridized carbons (Fsp3) is 0.630. The molecule has 6 heteroatoms. The Labute approximate surface area is 487 Å². The molecule has 0 spiro atoms. The van der Waals surface area contributed by atoms with Crippen LogP contribution in [0.4, 0.5) is 0 Å². The van der Waals surface area contributed by atoms with Gasteiger partial charge in [-0.3, -0.25) is 14.4 Å². The van der Waals surface area contributed by atoms with E-state index in [9.17, 15) is 14.4 Å². The molecule has 0 N–H and O–H groups in total. The maximum Gasteiger partial charge on any atom is 0.306 e. The summed E-state index contributed by atoms with van der Waals surface area (Å²) in [4.78, 5) is 38.3. The molecule has 446 valence electrons. The van der Waals surface area contributed by atoms with Crippen molar-refractivity contribution in [3.63, 3.8) is 0 Å². The molecule has 79 heavy (non-hydrogen) atoms. The number of ether oxygens (including phenoxy) is 3. The van der Waals surface area contributed by atoms with Crippen LogP contribution in [0, 0.1) is 0 Å². The van der Waals surface area contributed by atoms with Gasteiger partial charge in [-0.15, -0.1) is 0 Å². The normalized spacial score (nSPS) is 13.1. The standard InChI is InChI=1S/C73H118O6/c1-4-7-10-13-16-19-22-25-28-30-31-32-33-34-35-36-37-38-39-40-41-43-45-48-51-54-57-60-63-66-72(75)78-69-70(68-77-71(74)65-62-59-56-53-50-47-44-27-24-21-18-15-12-9-6-3)79-73(76)67-64-61-58-55-52-49-46-42-29-26-23-20-17-14-11-8-5-2/h7-8,10-11,16-17,19-20,25-29,31-32,34-35,37-38,40-41,44-45,48,70H,4-6,9,12-15,18,21-24,30,33,36,39,42-43,46-47,49-69H2,1-3H3/b10-7-,11-8-,19-16-,20-17-,28-25-,29-26-,32-31-,35-34-,38-37-,41-40-,44-27-,48-45-. The lowest BCUT2D eigenvalue weighted by Crippen LogP contribution is -2.30. The summed E-state index contributed by atoms with van der Waals surface area (Å²) >= 11 is 0. The lowest BCUT2D eigenvalue weighted by atomic mass is 10.1. The van der Waals surface area contributed by atoms with Gasteiger partial charge in [0.25, 0.3) is 0 Å². The van der Waals surface area contributed by atoms with Gasteiger partial charge in [0.2, 0.25) is 0 Å². The number of rotatable bonds is 57. The molecule has 0 aliphatic rings. The van der Waals surface area contributed by atoms with Crippen LogP contribution in [0.25, 0.3) is 0 Å². The van der Waals surface area contributed by atoms with Crippen LogP contribution in [0.15, 0.2) is 146 Å². The van der Waals surface area contributed by atoms with Gasteiger partial charge in [0, 0.05) is 19.3 Å². The number of hydrogen-bond acceptors (Lipinski definition) is 6. The van der Waals surface area contributed by atoms with Gasteiger partial charge in [-0.25, -0.2) is 0 Å². The molecule has 1 unspecified atom stereocenters. The van der Waals surface area contributed by atoms with Gasteiger partial charge < -0.3 is 14.2 Å². The van der Waals surface area contributed by atoms with Crippen molar-refractivity contribution < 1.29 is 28.6 Å². The van der Waals surface area contributed by atoms with Crippen LogP contribution in [-0.4, -0.2) is 37.2 Å². The van der Waals surface area contributed by atoms with Crippen molar-refractivity contribution >= 4 is 17.9 Å². The van der Waals surface area contributed by atoms with E-state index in [0.717, 1.165) is 161 Å². The van der Waals surface area contributed by atoms with Gasteiger partial charge in [0.15, 0.2) is 6.10 Å². The first-order valence-electron chi connectivity index (χ1n) is 32.3. The van der Waals surface area contributed by atoms with Crippen molar-refractivity contribution in [3.05, 3.63) is 146 Å². The van der Waals surface area contributed by atoms with Gasteiger partial charge in [0.1, 0.15) is 13.2 Å². The molecule has 0 aliphatic heterocycles. The third-order valence-electron chi connectivity index (χ3n) is 13.3. The van der Waals surface area contributed by atoms with Crippen molar-refractivity contribution in [1.82, 2.24) is 0 Å². The fourth-order valence-corrected chi connectivity index (χ4v) is 8.53. The number of carbonyl (C=O) groups is 3. The highest BCUT2D eigenvalue weighted by Gasteiger charge is 2.19. The third kappa shape index (κ3) is 64.0. The Hall–Kier alpha value is -4.71. The van der Waals surface area contributed by atoms with Crippen LogP contribution in [0.3, 0.4) is 0 Å². The number of allylic oxidation sites excluding steroid dienone is 24. The zero-order chi connectivity index (χ0) is 57.1. The minimum Gasteiger partial charge on any atom is -0.462 e. The summed E-state index contributed by atoms with van der Waals surface area (Å²) in [6, 6.07) is 0. The van der Waals surface area contributed by atoms with Crippen LogP contribution in [0.5, 0.6) is 0 Å². The van der Waals surface area contributed by atoms with E-state index in [2.05, 4.69) is 167 Å². The first-order valence-corrected chi connectivity index (χ1v) is 32.3. The molecule has 0 aliphatic carbocycles. The molecule has 0 heterocycles. The highest BCUT2D eigenvalue weighted by Crippen LogP contribution is 2.14. The summed E-state index contributed by atoms with van der Waals surface area (Å²) in [6.45, 7) is 6.38. The Balaban J connectivity index is 4.43. The van der Waals surface area contributed by atoms with Crippen LogP contribution in [-0.2, 0) is 28.6 Å². The van der Waals surface area contributed by atoms with E-state index in [1.54, 1.807) is 0 Å². The molecule has 1 atom stereocenters. The molecule has 0 rings (SSSR count). The van der Waals surface area contributed by atoms with Crippen LogP contribution in [0.2, 0.25) is 0 Å². The van der Waals surface area contributed by atoms with E-state index in [0.29, 0.717) is 19.3 Å². The Morgan fingerprint density at radius 3 is 0.785 bits per heavy atom. The lowest BCUT2D eigenvalue weighted by molar-refractivity contribution is -0.167. The summed E-state index contributed by atoms with van der Waals surface area (Å²) in [6.07, 6.45) is 94.2. The van der Waals surface area contributed by atoms with E-state index in [-0.39, 0.29) is 31.1 Å². The second-order valence-corrected chi connectivity index (χ2v) is 20.9. The van der Waals surface area contributed by atoms with Gasteiger partial charge in [0.05, 0.1) is 0 Å². The number of esters is 3. The Morgan fingerprint density at radius 1 is 0.266 bits per heavy atom. The predicted molar refractivity (Wildman–Crippen MR) is 343 cm³/mol. The topological polar surface area (TPSA) is 78.9 Å². The molecular formula is C73H118O6. The minimum absolute atomic E-state index is 0.0990. The van der Waals surface area contributed by atoms with Gasteiger partial charge in [-0.05, 0) is 141 Å². The second-order valence-electron chi connectivity index (χ2n) is 20.9. The molecule has 0 aromatic carbocycles. The molecule has 0 amide bonds. The number of carbonyl (C=O) groups excluding carboxylic acids is 3. The highest BCUT2D eigenvalue weighted by atomic mass is 16.6. The first kappa shape index (κ1) is 74.3. The van der Waals surface area contributed by atoms with E-state index >= 15 is 0 Å². The summed E-state index contributed by atoms with van der Waals surface area (Å²) in [5.74, 6) is -0.942. The molecule has 0 saturated carbocycles. The predicted octanol–water partition coefficient (Wildman–Crippen LogP) is 22.3. The Kier molecular flexibility index (Phi) is 61.9. The maximum absolute atomic E-state index is 12.9. The zero-order valence-corrected chi connectivity index (χ0v) is 51.1. The molecule has 6 nitrogen and oxygen atoms in total. The van der Waals surface area contributed by atoms with Crippen molar-refractivity contribution in [2.75, 3.05) is 13.2 Å². The Morgan fingerprint density at radius 2 is 0.494 bits per heavy atom. The van der Waals surface area contributed by atoms with E-state index in [1.165, 1.54) is 77.0 Å². The Bertz CT molecular complexity index is 1730. The number of unbranched alkanes of at least 4 members (excludes halogenated alkanes) is 22. The largest absolute Gasteiger partial charge is 0.462 e. The van der Waals surface area contributed by atoms with E-state index in [1.807, 2.05) is 0 Å². The molecule has 0 bridgehead atoms. The van der Waals surface area contributed by atoms with Crippen LogP contribution in [0.1, 0.15) is 278 Å². The van der Waals surface area contributed by atoms with Gasteiger partial charge in [-0.2, -0.15) is 0 Å². The monoisotopic (exact) mass is 1090 g/mol. The van der Waals surface area contributed by atoms with Crippen molar-refractivity contribution in [3.8, 4) is 0 Å². The van der Waals surface area contributed by atoms with Gasteiger partial charge in [-0.1, -0.05) is 263 Å². The average molecular weight is 1090 g/mol. The van der Waals surface area contributed by atoms with Crippen molar-refractivity contribution in [1.29, 1.82) is 0 Å². The van der Waals surface area contributed by atoms with Crippen LogP contribution >= 0.6 is 0 Å². The van der Waals surface area contributed by atoms with E-state index in [4.69, 9.17) is 14.2 Å². The van der Waals surface area contributed by atoms with E-state index < -0.39 is 6.10 Å². The lowest BCUT2D eigenvalue weighted by Gasteiger charge is -2.18. The summed E-state index contributed by atoms with van der Waals surface area (Å²) in [5, 5.41) is 0. The van der Waals surface area contributed by atoms with Crippen molar-refractivity contribution in [2.24, 2.45) is 0 Å². The molecule has 0 radical (unpaired) electrons. The second kappa shape index (κ2) is 65.8. The molecule has 0 aromatic heterocycles. The van der Waals surface area contributed by atoms with Crippen molar-refractivity contribution in [2.45, 2.75) is 284 Å². The quantitative estimate of drug-likeness (QED) is 0.0261. The highest BCUT2D eigenvalue weighted by molar-refractivity contribution is 5.71. The summed E-state index contributed by atoms with van der Waals surface area (Å²) in [7, 11) is 0. The van der Waals surface area contributed by atoms with Crippen LogP contribution < -0.4 is 0 Å². The summed E-state index contributed by atoms with van der Waals surface area (Å²) in [5.41, 5.74) is 0. The van der Waals surface area contributed by atoms with Gasteiger partial charge >= 0.3 is 17.9 Å². The number of hydrogen-bond donors (Lipinski definition) is 0. The molecule has 0 saturated heterocycles. The smallest absolute Gasteiger partial charge is 0.306 e. The SMILES string of the molecule is CC/C=C\C/C=C\C/C=C\C/C=C\C/C=C\C/C=C\C/C=C\C/C=C\CCCCCCC(=O)OCC(COC(=O)CCCCCCC/C=C\CCCCCCCC)OC(=O)CCCCCCCCC/C=C\C/C=C\C/C=C\CC. The molecule has 0 fully saturated rings. The minimum atomic E-state index is -0.805. The fourth-order valence-electron chi connectivity index (χ4n) is 8.53. The first-order chi connectivity index (χ1) is 39.0. The zero-order valence-electron chi connectivity index (χ0n) is 51.1. The maximum atomic E-state index is 12.9. The average Bonchev–Trinajstić information content (AvgIpc) is 3.45.